The lowest BCUT2D eigenvalue weighted by Crippen LogP contribution is -2.50. The average Bonchev–Trinajstić information content (AvgIpc) is 3.29. The second-order valence-electron chi connectivity index (χ2n) is 10.6. The zero-order valence-electron chi connectivity index (χ0n) is 17.2. The van der Waals surface area contributed by atoms with Gasteiger partial charge in [0.05, 0.1) is 11.9 Å². The molecule has 3 fully saturated rings. The van der Waals surface area contributed by atoms with E-state index in [1.165, 1.54) is 11.1 Å². The standard InChI is InChI=1S/C23H33NO3S/c1-21(2)18-8-10-23(15-18,20(21)25)16-28(26,27)24-13-11-22(12-14-24)9-7-17-5-3-4-6-19(17)22/h3-6,18,20,25H,7-16H2,1-2H3/t18?,20?,23-/m1/s1. The Bertz CT molecular complexity index is 885. The number of rotatable bonds is 3. The minimum absolute atomic E-state index is 0.130. The molecule has 0 radical (unpaired) electrons. The molecule has 1 spiro atoms. The zero-order chi connectivity index (χ0) is 19.8. The van der Waals surface area contributed by atoms with E-state index in [1.54, 1.807) is 4.31 Å². The van der Waals surface area contributed by atoms with Crippen LogP contribution in [-0.4, -0.2) is 42.8 Å². The number of hydrogen-bond acceptors (Lipinski definition) is 3. The predicted molar refractivity (Wildman–Crippen MR) is 111 cm³/mol. The molecule has 1 saturated heterocycles. The molecule has 4 nitrogen and oxygen atoms in total. The normalized spacial score (nSPS) is 36.1. The van der Waals surface area contributed by atoms with Gasteiger partial charge >= 0.3 is 0 Å². The van der Waals surface area contributed by atoms with Crippen LogP contribution < -0.4 is 0 Å². The van der Waals surface area contributed by atoms with Gasteiger partial charge in [-0.3, -0.25) is 0 Å². The minimum atomic E-state index is -3.34. The minimum Gasteiger partial charge on any atom is -0.392 e. The molecule has 1 N–H and O–H groups in total. The van der Waals surface area contributed by atoms with Gasteiger partial charge in [-0.25, -0.2) is 12.7 Å². The molecule has 1 aliphatic heterocycles. The van der Waals surface area contributed by atoms with Crippen molar-refractivity contribution in [3.63, 3.8) is 0 Å². The first-order valence-corrected chi connectivity index (χ1v) is 12.5. The molecular formula is C23H33NO3S. The molecule has 3 atom stereocenters. The van der Waals surface area contributed by atoms with Crippen molar-refractivity contribution in [2.75, 3.05) is 18.8 Å². The third-order valence-electron chi connectivity index (χ3n) is 8.98. The van der Waals surface area contributed by atoms with Crippen LogP contribution in [0.4, 0.5) is 0 Å². The van der Waals surface area contributed by atoms with Crippen molar-refractivity contribution in [1.29, 1.82) is 0 Å². The lowest BCUT2D eigenvalue weighted by molar-refractivity contribution is -0.0330. The van der Waals surface area contributed by atoms with Crippen LogP contribution in [0.3, 0.4) is 0 Å². The van der Waals surface area contributed by atoms with E-state index in [0.717, 1.165) is 44.9 Å². The quantitative estimate of drug-likeness (QED) is 0.841. The van der Waals surface area contributed by atoms with Crippen molar-refractivity contribution in [3.05, 3.63) is 35.4 Å². The number of benzene rings is 1. The molecule has 2 saturated carbocycles. The highest BCUT2D eigenvalue weighted by molar-refractivity contribution is 7.89. The molecule has 154 valence electrons. The lowest BCUT2D eigenvalue weighted by atomic mass is 9.70. The van der Waals surface area contributed by atoms with Gasteiger partial charge in [0.15, 0.2) is 0 Å². The molecule has 0 aromatic heterocycles. The Morgan fingerprint density at radius 1 is 1.11 bits per heavy atom. The van der Waals surface area contributed by atoms with E-state index >= 15 is 0 Å². The lowest BCUT2D eigenvalue weighted by Gasteiger charge is -2.43. The van der Waals surface area contributed by atoms with Crippen molar-refractivity contribution >= 4 is 10.0 Å². The third-order valence-corrected chi connectivity index (χ3v) is 11.1. The molecule has 4 aliphatic rings. The van der Waals surface area contributed by atoms with Crippen LogP contribution in [0.5, 0.6) is 0 Å². The van der Waals surface area contributed by atoms with Crippen molar-refractivity contribution in [3.8, 4) is 0 Å². The summed E-state index contributed by atoms with van der Waals surface area (Å²) >= 11 is 0. The van der Waals surface area contributed by atoms with Crippen LogP contribution in [0, 0.1) is 16.7 Å². The van der Waals surface area contributed by atoms with Gasteiger partial charge in [-0.15, -0.1) is 0 Å². The highest BCUT2D eigenvalue weighted by Crippen LogP contribution is 2.63. The van der Waals surface area contributed by atoms with Gasteiger partial charge < -0.3 is 5.11 Å². The molecule has 3 aliphatic carbocycles. The van der Waals surface area contributed by atoms with Gasteiger partial charge in [-0.05, 0) is 72.8 Å². The Morgan fingerprint density at radius 2 is 1.82 bits per heavy atom. The van der Waals surface area contributed by atoms with Crippen LogP contribution in [0.15, 0.2) is 24.3 Å². The fraction of sp³-hybridized carbons (Fsp3) is 0.739. The van der Waals surface area contributed by atoms with Crippen LogP contribution in [0.25, 0.3) is 0 Å². The first kappa shape index (κ1) is 19.1. The number of piperidine rings is 1. The fourth-order valence-corrected chi connectivity index (χ4v) is 9.26. The molecule has 1 heterocycles. The van der Waals surface area contributed by atoms with Gasteiger partial charge in [-0.1, -0.05) is 38.1 Å². The van der Waals surface area contributed by atoms with Gasteiger partial charge in [0.1, 0.15) is 0 Å². The Hall–Kier alpha value is -0.910. The maximum Gasteiger partial charge on any atom is 0.214 e. The second kappa shape index (κ2) is 6.05. The predicted octanol–water partition coefficient (Wildman–Crippen LogP) is 3.48. The molecule has 0 amide bonds. The maximum atomic E-state index is 13.3. The van der Waals surface area contributed by atoms with Crippen LogP contribution in [-0.2, 0) is 21.9 Å². The summed E-state index contributed by atoms with van der Waals surface area (Å²) in [4.78, 5) is 0. The first-order valence-electron chi connectivity index (χ1n) is 10.9. The van der Waals surface area contributed by atoms with Crippen molar-refractivity contribution in [2.24, 2.45) is 16.7 Å². The first-order chi connectivity index (χ1) is 13.2. The summed E-state index contributed by atoms with van der Waals surface area (Å²) in [5.74, 6) is 0.585. The number of sulfonamides is 1. The van der Waals surface area contributed by atoms with Gasteiger partial charge in [0.2, 0.25) is 10.0 Å². The number of hydrogen-bond donors (Lipinski definition) is 1. The van der Waals surface area contributed by atoms with E-state index in [9.17, 15) is 13.5 Å². The second-order valence-corrected chi connectivity index (χ2v) is 12.6. The Labute approximate surface area is 169 Å². The number of aliphatic hydroxyl groups excluding tert-OH is 1. The fourth-order valence-electron chi connectivity index (χ4n) is 7.19. The summed E-state index contributed by atoms with van der Waals surface area (Å²) < 4.78 is 28.4. The van der Waals surface area contributed by atoms with E-state index in [0.29, 0.717) is 19.0 Å². The Balaban J connectivity index is 1.32. The van der Waals surface area contributed by atoms with E-state index < -0.39 is 21.5 Å². The van der Waals surface area contributed by atoms with E-state index in [4.69, 9.17) is 0 Å². The van der Waals surface area contributed by atoms with E-state index in [-0.39, 0.29) is 16.6 Å². The van der Waals surface area contributed by atoms with E-state index in [1.807, 2.05) is 0 Å². The van der Waals surface area contributed by atoms with Gasteiger partial charge in [-0.2, -0.15) is 0 Å². The molecule has 5 heteroatoms. The van der Waals surface area contributed by atoms with Gasteiger partial charge in [0, 0.05) is 18.5 Å². The molecule has 1 aromatic carbocycles. The third kappa shape index (κ3) is 2.58. The number of aliphatic hydroxyl groups is 1. The topological polar surface area (TPSA) is 57.6 Å². The molecule has 2 bridgehead atoms. The van der Waals surface area contributed by atoms with Crippen LogP contribution in [0.2, 0.25) is 0 Å². The molecular weight excluding hydrogens is 370 g/mol. The number of fused-ring (bicyclic) bond motifs is 4. The van der Waals surface area contributed by atoms with Crippen LogP contribution >= 0.6 is 0 Å². The average molecular weight is 404 g/mol. The zero-order valence-corrected chi connectivity index (χ0v) is 18.0. The summed E-state index contributed by atoms with van der Waals surface area (Å²) in [6, 6.07) is 8.71. The smallest absolute Gasteiger partial charge is 0.214 e. The monoisotopic (exact) mass is 403 g/mol. The highest BCUT2D eigenvalue weighted by Gasteiger charge is 2.62. The molecule has 1 aromatic rings. The highest BCUT2D eigenvalue weighted by atomic mass is 32.2. The Morgan fingerprint density at radius 3 is 2.50 bits per heavy atom. The molecule has 2 unspecified atom stereocenters. The molecule has 5 rings (SSSR count). The molecule has 28 heavy (non-hydrogen) atoms. The van der Waals surface area contributed by atoms with Crippen LogP contribution in [0.1, 0.15) is 63.5 Å². The SMILES string of the molecule is CC1(C)C2CC[C@](CS(=O)(=O)N3CCC4(CCc5ccccc54)CC3)(C2)C1O. The largest absolute Gasteiger partial charge is 0.392 e. The van der Waals surface area contributed by atoms with Crippen molar-refractivity contribution in [2.45, 2.75) is 70.3 Å². The summed E-state index contributed by atoms with van der Waals surface area (Å²) in [7, 11) is -3.34. The van der Waals surface area contributed by atoms with Gasteiger partial charge in [0.25, 0.3) is 0 Å². The van der Waals surface area contributed by atoms with E-state index in [2.05, 4.69) is 38.1 Å². The number of aryl methyl sites for hydroxylation is 1. The maximum absolute atomic E-state index is 13.3. The summed E-state index contributed by atoms with van der Waals surface area (Å²) in [6.07, 6.45) is 6.39. The van der Waals surface area contributed by atoms with Crippen molar-refractivity contribution < 1.29 is 13.5 Å². The van der Waals surface area contributed by atoms with Crippen molar-refractivity contribution in [1.82, 2.24) is 4.31 Å². The summed E-state index contributed by atoms with van der Waals surface area (Å²) in [5, 5.41) is 11.0. The Kier molecular flexibility index (Phi) is 4.12. The summed E-state index contributed by atoms with van der Waals surface area (Å²) in [6.45, 7) is 5.46. The number of nitrogens with zero attached hydrogens (tertiary/aromatic N) is 1. The summed E-state index contributed by atoms with van der Waals surface area (Å²) in [5.41, 5.74) is 2.49.